The molecule has 54 heavy (non-hydrogen) atoms. The van der Waals surface area contributed by atoms with Crippen LogP contribution < -0.4 is 30.2 Å². The highest BCUT2D eigenvalue weighted by Crippen LogP contribution is 2.44. The number of esters is 1. The van der Waals surface area contributed by atoms with E-state index in [1.54, 1.807) is 51.1 Å². The standard InChI is InChI=1S/C39H48N4O11/c1-23-34(44)42-29(36(46)51-8)19-25-18-28(33(50-7)31(20-25)52-17-16-40-37(47)53-22-24-12-10-9-11-13-24)27-21-26(14-15-30(27)49-6)32(35(45)41-23)43(5)38(48)54-39(2,3)4/h9-15,18,20-21,23,29,32H,16-17,19,22H2,1-8H3,(H,40,47)(H,41,45)(H,42,44)/t23-,29+,32+/m1/s1. The van der Waals surface area contributed by atoms with E-state index in [4.69, 9.17) is 28.4 Å². The third-order valence-corrected chi connectivity index (χ3v) is 8.30. The second kappa shape index (κ2) is 18.2. The molecule has 0 aliphatic carbocycles. The van der Waals surface area contributed by atoms with E-state index < -0.39 is 53.7 Å². The third-order valence-electron chi connectivity index (χ3n) is 8.30. The van der Waals surface area contributed by atoms with Gasteiger partial charge in [0, 0.05) is 24.6 Å². The number of ether oxygens (including phenoxy) is 6. The SMILES string of the molecule is COC(=O)[C@@H]1Cc2cc(OCCNC(=O)OCc3ccccc3)c(OC)c(c2)-c2cc(ccc2OC)[C@H](N(C)C(=O)OC(C)(C)C)C(=O)N[C@H](C)C(=O)N1. The van der Waals surface area contributed by atoms with Crippen LogP contribution in [0.3, 0.4) is 0 Å². The summed E-state index contributed by atoms with van der Waals surface area (Å²) in [5, 5.41) is 8.00. The summed E-state index contributed by atoms with van der Waals surface area (Å²) in [6.45, 7) is 6.73. The molecular weight excluding hydrogens is 700 g/mol. The Balaban J connectivity index is 1.79. The van der Waals surface area contributed by atoms with E-state index in [-0.39, 0.29) is 37.7 Å². The predicted octanol–water partition coefficient (Wildman–Crippen LogP) is 4.30. The van der Waals surface area contributed by atoms with Gasteiger partial charge in [-0.25, -0.2) is 14.4 Å². The van der Waals surface area contributed by atoms with Crippen LogP contribution in [0.25, 0.3) is 11.1 Å². The van der Waals surface area contributed by atoms with Crippen LogP contribution in [0.2, 0.25) is 0 Å². The minimum Gasteiger partial charge on any atom is -0.496 e. The Labute approximate surface area is 314 Å². The number of nitrogens with one attached hydrogen (secondary N) is 3. The maximum absolute atomic E-state index is 14.0. The molecule has 15 nitrogen and oxygen atoms in total. The highest BCUT2D eigenvalue weighted by Gasteiger charge is 2.35. The highest BCUT2D eigenvalue weighted by molar-refractivity contribution is 5.94. The van der Waals surface area contributed by atoms with Crippen molar-refractivity contribution in [1.29, 1.82) is 0 Å². The number of carbonyl (C=O) groups excluding carboxylic acids is 5. The number of likely N-dealkylation sites (N-methyl/N-ethyl adjacent to an activating group) is 1. The number of alkyl carbamates (subject to hydrolysis) is 1. The summed E-state index contributed by atoms with van der Waals surface area (Å²) in [4.78, 5) is 67.3. The van der Waals surface area contributed by atoms with Gasteiger partial charge in [0.05, 0.1) is 27.9 Å². The lowest BCUT2D eigenvalue weighted by Gasteiger charge is -2.31. The monoisotopic (exact) mass is 748 g/mol. The Kier molecular flexibility index (Phi) is 13.7. The molecule has 0 radical (unpaired) electrons. The molecule has 0 saturated heterocycles. The lowest BCUT2D eigenvalue weighted by molar-refractivity contribution is -0.145. The molecular formula is C39H48N4O11. The largest absolute Gasteiger partial charge is 0.496 e. The van der Waals surface area contributed by atoms with Crippen LogP contribution in [0, 0.1) is 0 Å². The van der Waals surface area contributed by atoms with Crippen molar-refractivity contribution in [3.05, 3.63) is 77.4 Å². The molecule has 15 heteroatoms. The number of benzene rings is 3. The van der Waals surface area contributed by atoms with Gasteiger partial charge in [0.25, 0.3) is 0 Å². The number of methoxy groups -OCH3 is 3. The van der Waals surface area contributed by atoms with E-state index >= 15 is 0 Å². The van der Waals surface area contributed by atoms with Crippen LogP contribution in [0.15, 0.2) is 60.7 Å². The van der Waals surface area contributed by atoms with Gasteiger partial charge in [-0.05, 0) is 68.7 Å². The molecule has 0 unspecified atom stereocenters. The molecule has 1 aliphatic rings. The molecule has 0 fully saturated rings. The Morgan fingerprint density at radius 3 is 2.26 bits per heavy atom. The first kappa shape index (κ1) is 40.8. The molecule has 0 aromatic heterocycles. The van der Waals surface area contributed by atoms with Gasteiger partial charge in [-0.3, -0.25) is 14.5 Å². The molecule has 0 spiro atoms. The van der Waals surface area contributed by atoms with E-state index in [0.29, 0.717) is 28.0 Å². The molecule has 0 saturated carbocycles. The summed E-state index contributed by atoms with van der Waals surface area (Å²) in [6.07, 6.45) is -1.45. The Hall–Kier alpha value is -5.99. The number of hydrogen-bond acceptors (Lipinski definition) is 11. The van der Waals surface area contributed by atoms with E-state index in [1.165, 1.54) is 35.3 Å². The molecule has 3 aromatic carbocycles. The van der Waals surface area contributed by atoms with Crippen LogP contribution in [0.5, 0.6) is 17.2 Å². The number of carbonyl (C=O) groups is 5. The number of rotatable bonds is 10. The molecule has 3 atom stereocenters. The van der Waals surface area contributed by atoms with Crippen molar-refractivity contribution in [2.24, 2.45) is 0 Å². The van der Waals surface area contributed by atoms with Gasteiger partial charge in [0.15, 0.2) is 11.5 Å². The fourth-order valence-electron chi connectivity index (χ4n) is 5.71. The summed E-state index contributed by atoms with van der Waals surface area (Å²) < 4.78 is 33.7. The predicted molar refractivity (Wildman–Crippen MR) is 197 cm³/mol. The highest BCUT2D eigenvalue weighted by atomic mass is 16.6. The van der Waals surface area contributed by atoms with E-state index in [0.717, 1.165) is 10.5 Å². The molecule has 4 amide bonds. The zero-order valence-corrected chi connectivity index (χ0v) is 31.8. The van der Waals surface area contributed by atoms with Crippen molar-refractivity contribution in [1.82, 2.24) is 20.9 Å². The van der Waals surface area contributed by atoms with Crippen molar-refractivity contribution in [2.75, 3.05) is 41.5 Å². The van der Waals surface area contributed by atoms with Gasteiger partial charge in [-0.15, -0.1) is 0 Å². The summed E-state index contributed by atoms with van der Waals surface area (Å²) in [5.41, 5.74) is 1.77. The fourth-order valence-corrected chi connectivity index (χ4v) is 5.71. The fraction of sp³-hybridized carbons (Fsp3) is 0.410. The summed E-state index contributed by atoms with van der Waals surface area (Å²) in [5.74, 6) is -1.18. The van der Waals surface area contributed by atoms with Crippen LogP contribution in [0.1, 0.15) is 50.4 Å². The number of nitrogens with zero attached hydrogens (tertiary/aromatic N) is 1. The first-order valence-electron chi connectivity index (χ1n) is 17.3. The van der Waals surface area contributed by atoms with Gasteiger partial charge in [-0.1, -0.05) is 36.4 Å². The van der Waals surface area contributed by atoms with Gasteiger partial charge < -0.3 is 44.4 Å². The second-order valence-electron chi connectivity index (χ2n) is 13.5. The minimum absolute atomic E-state index is 0.00548. The Morgan fingerprint density at radius 2 is 1.61 bits per heavy atom. The lowest BCUT2D eigenvalue weighted by atomic mass is 9.93. The molecule has 290 valence electrons. The Bertz CT molecular complexity index is 1830. The Morgan fingerprint density at radius 1 is 0.889 bits per heavy atom. The van der Waals surface area contributed by atoms with Crippen molar-refractivity contribution in [3.63, 3.8) is 0 Å². The zero-order valence-electron chi connectivity index (χ0n) is 31.8. The number of amides is 4. The first-order chi connectivity index (χ1) is 25.6. The molecule has 1 aliphatic heterocycles. The average molecular weight is 749 g/mol. The number of hydrogen-bond donors (Lipinski definition) is 3. The molecule has 3 N–H and O–H groups in total. The molecule has 4 rings (SSSR count). The van der Waals surface area contributed by atoms with E-state index in [1.807, 2.05) is 30.3 Å². The van der Waals surface area contributed by atoms with Crippen molar-refractivity contribution in [2.45, 2.75) is 64.4 Å². The minimum atomic E-state index is -1.28. The molecule has 3 aromatic rings. The first-order valence-corrected chi connectivity index (χ1v) is 17.3. The van der Waals surface area contributed by atoms with Gasteiger partial charge >= 0.3 is 18.2 Å². The van der Waals surface area contributed by atoms with Crippen molar-refractivity contribution >= 4 is 30.0 Å². The summed E-state index contributed by atoms with van der Waals surface area (Å²) >= 11 is 0. The van der Waals surface area contributed by atoms with Crippen LogP contribution in [-0.4, -0.2) is 94.1 Å². The molecule has 4 bridgehead atoms. The van der Waals surface area contributed by atoms with E-state index in [9.17, 15) is 24.0 Å². The van der Waals surface area contributed by atoms with Crippen molar-refractivity contribution < 1.29 is 52.4 Å². The summed E-state index contributed by atoms with van der Waals surface area (Å²) in [7, 11) is 5.55. The van der Waals surface area contributed by atoms with Crippen LogP contribution in [-0.2, 0) is 41.6 Å². The topological polar surface area (TPSA) is 180 Å². The van der Waals surface area contributed by atoms with Gasteiger partial charge in [0.2, 0.25) is 11.8 Å². The van der Waals surface area contributed by atoms with Crippen molar-refractivity contribution in [3.8, 4) is 28.4 Å². The maximum atomic E-state index is 14.0. The quantitative estimate of drug-likeness (QED) is 0.153. The van der Waals surface area contributed by atoms with Gasteiger partial charge in [0.1, 0.15) is 42.7 Å². The van der Waals surface area contributed by atoms with Gasteiger partial charge in [-0.2, -0.15) is 0 Å². The van der Waals surface area contributed by atoms with Crippen LogP contribution >= 0.6 is 0 Å². The van der Waals surface area contributed by atoms with E-state index in [2.05, 4.69) is 16.0 Å². The molecule has 1 heterocycles. The summed E-state index contributed by atoms with van der Waals surface area (Å²) in [6, 6.07) is 14.0. The smallest absolute Gasteiger partial charge is 0.410 e. The third kappa shape index (κ3) is 10.5. The van der Waals surface area contributed by atoms with Crippen LogP contribution in [0.4, 0.5) is 9.59 Å². The maximum Gasteiger partial charge on any atom is 0.410 e. The second-order valence-corrected chi connectivity index (χ2v) is 13.5. The lowest BCUT2D eigenvalue weighted by Crippen LogP contribution is -2.53. The normalized spacial score (nSPS) is 17.1. The number of fused-ring (bicyclic) bond motifs is 5. The zero-order chi connectivity index (χ0) is 39.6. The average Bonchev–Trinajstić information content (AvgIpc) is 3.14.